The van der Waals surface area contributed by atoms with Gasteiger partial charge in [-0.05, 0) is 36.5 Å². The van der Waals surface area contributed by atoms with Crippen molar-refractivity contribution < 1.29 is 28.5 Å². The molecule has 0 aromatic heterocycles. The third-order valence-corrected chi connectivity index (χ3v) is 5.12. The second kappa shape index (κ2) is 12.9. The van der Waals surface area contributed by atoms with E-state index < -0.39 is 23.5 Å². The van der Waals surface area contributed by atoms with Gasteiger partial charge < -0.3 is 18.9 Å². The van der Waals surface area contributed by atoms with Crippen molar-refractivity contribution in [3.63, 3.8) is 0 Å². The summed E-state index contributed by atoms with van der Waals surface area (Å²) in [6, 6.07) is 7.81. The lowest BCUT2D eigenvalue weighted by Gasteiger charge is -2.20. The van der Waals surface area contributed by atoms with Gasteiger partial charge in [0.05, 0.1) is 20.3 Å². The molecule has 2 atom stereocenters. The van der Waals surface area contributed by atoms with Crippen LogP contribution in [0.25, 0.3) is 0 Å². The quantitative estimate of drug-likeness (QED) is 0.201. The topological polar surface area (TPSA) is 71.1 Å². The van der Waals surface area contributed by atoms with Crippen LogP contribution in [0.3, 0.4) is 0 Å². The third kappa shape index (κ3) is 8.71. The maximum absolute atomic E-state index is 11.9. The van der Waals surface area contributed by atoms with Crippen LogP contribution in [0.1, 0.15) is 39.2 Å². The Hall–Kier alpha value is -2.86. The lowest BCUT2D eigenvalue weighted by molar-refractivity contribution is -0.159. The Balaban J connectivity index is 1.58. The van der Waals surface area contributed by atoms with E-state index in [9.17, 15) is 9.59 Å². The van der Waals surface area contributed by atoms with Crippen molar-refractivity contribution in [3.8, 4) is 5.75 Å². The van der Waals surface area contributed by atoms with Crippen molar-refractivity contribution in [2.45, 2.75) is 46.3 Å². The monoisotopic (exact) mass is 442 g/mol. The molecule has 1 fully saturated rings. The molecule has 0 saturated carbocycles. The predicted molar refractivity (Wildman–Crippen MR) is 123 cm³/mol. The second-order valence-corrected chi connectivity index (χ2v) is 8.55. The minimum Gasteiger partial charge on any atom is -0.497 e. The van der Waals surface area contributed by atoms with Gasteiger partial charge in [-0.3, -0.25) is 0 Å². The molecule has 1 aliphatic heterocycles. The van der Waals surface area contributed by atoms with Crippen LogP contribution in [0, 0.1) is 11.3 Å². The maximum atomic E-state index is 11.9. The number of methoxy groups -OCH3 is 1. The van der Waals surface area contributed by atoms with Gasteiger partial charge in [-0.2, -0.15) is 0 Å². The average molecular weight is 443 g/mol. The Kier molecular flexibility index (Phi) is 10.2. The number of allylic oxidation sites excluding steroid dienone is 4. The van der Waals surface area contributed by atoms with Crippen LogP contribution < -0.4 is 4.74 Å². The van der Waals surface area contributed by atoms with E-state index in [0.29, 0.717) is 19.1 Å². The summed E-state index contributed by atoms with van der Waals surface area (Å²) in [5.74, 6) is 0.213. The molecule has 1 aromatic rings. The number of rotatable bonds is 12. The summed E-state index contributed by atoms with van der Waals surface area (Å²) < 4.78 is 21.0. The number of benzene rings is 1. The smallest absolute Gasteiger partial charge is 0.348 e. The van der Waals surface area contributed by atoms with Crippen LogP contribution >= 0.6 is 0 Å². The van der Waals surface area contributed by atoms with Gasteiger partial charge >= 0.3 is 11.9 Å². The van der Waals surface area contributed by atoms with Gasteiger partial charge in [0.2, 0.25) is 6.10 Å². The van der Waals surface area contributed by atoms with E-state index in [4.69, 9.17) is 18.9 Å². The second-order valence-electron chi connectivity index (χ2n) is 8.55. The number of carbonyl (C=O) groups excluding carboxylic acids is 2. The zero-order valence-corrected chi connectivity index (χ0v) is 19.4. The molecule has 0 aliphatic carbocycles. The molecule has 2 rings (SSSR count). The number of carbonyl (C=O) groups is 2. The van der Waals surface area contributed by atoms with E-state index >= 15 is 0 Å². The van der Waals surface area contributed by atoms with Crippen molar-refractivity contribution in [2.24, 2.45) is 11.3 Å². The fraction of sp³-hybridized carbons (Fsp3) is 0.462. The van der Waals surface area contributed by atoms with Crippen molar-refractivity contribution in [1.82, 2.24) is 0 Å². The Morgan fingerprint density at radius 1 is 1.22 bits per heavy atom. The zero-order valence-electron chi connectivity index (χ0n) is 19.4. The molecular weight excluding hydrogens is 408 g/mol. The van der Waals surface area contributed by atoms with Crippen LogP contribution in [0.4, 0.5) is 0 Å². The molecule has 0 N–H and O–H groups in total. The van der Waals surface area contributed by atoms with Gasteiger partial charge in [0.1, 0.15) is 12.4 Å². The SMILES string of the molecule is COc1ccc(COC/C=C/C=C/[C@@H](C)CC/C=C/C(=O)O[C@H]2C(=O)OCC2(C)C)cc1. The largest absolute Gasteiger partial charge is 0.497 e. The molecule has 0 radical (unpaired) electrons. The summed E-state index contributed by atoms with van der Waals surface area (Å²) in [6.45, 7) is 7.17. The Morgan fingerprint density at radius 2 is 1.97 bits per heavy atom. The van der Waals surface area contributed by atoms with Gasteiger partial charge in [-0.25, -0.2) is 9.59 Å². The molecule has 0 spiro atoms. The van der Waals surface area contributed by atoms with Gasteiger partial charge in [0.25, 0.3) is 0 Å². The summed E-state index contributed by atoms with van der Waals surface area (Å²) >= 11 is 0. The maximum Gasteiger partial charge on any atom is 0.348 e. The first kappa shape index (κ1) is 25.4. The standard InChI is InChI=1S/C26H34O6/c1-20(10-6-5-9-17-30-18-21-13-15-22(29-4)16-14-21)11-7-8-12-23(27)32-24-25(28)31-19-26(24,2)3/h5-6,8-10,12-16,20,24H,7,11,17-19H2,1-4H3/b9-5+,10-6+,12-8+/t20-,24+/m1/s1. The fourth-order valence-electron chi connectivity index (χ4n) is 3.08. The Morgan fingerprint density at radius 3 is 2.62 bits per heavy atom. The van der Waals surface area contributed by atoms with E-state index in [1.807, 2.05) is 56.3 Å². The lowest BCUT2D eigenvalue weighted by Crippen LogP contribution is -2.34. The summed E-state index contributed by atoms with van der Waals surface area (Å²) in [4.78, 5) is 23.6. The molecule has 0 unspecified atom stereocenters. The first-order valence-electron chi connectivity index (χ1n) is 10.9. The summed E-state index contributed by atoms with van der Waals surface area (Å²) in [5, 5.41) is 0. The number of hydrogen-bond acceptors (Lipinski definition) is 6. The van der Waals surface area contributed by atoms with Crippen LogP contribution in [-0.4, -0.2) is 38.4 Å². The highest BCUT2D eigenvalue weighted by Gasteiger charge is 2.46. The third-order valence-electron chi connectivity index (χ3n) is 5.12. The normalized spacial score (nSPS) is 19.0. The minimum atomic E-state index is -0.839. The van der Waals surface area contributed by atoms with Gasteiger partial charge in [0.15, 0.2) is 0 Å². The predicted octanol–water partition coefficient (Wildman–Crippen LogP) is 4.79. The number of ether oxygens (including phenoxy) is 4. The molecule has 1 aliphatic rings. The highest BCUT2D eigenvalue weighted by atomic mass is 16.6. The fourth-order valence-corrected chi connectivity index (χ4v) is 3.08. The molecule has 1 aromatic carbocycles. The Labute approximate surface area is 190 Å². The molecule has 6 heteroatoms. The molecule has 6 nitrogen and oxygen atoms in total. The summed E-state index contributed by atoms with van der Waals surface area (Å²) in [5.41, 5.74) is 0.612. The number of cyclic esters (lactones) is 1. The first-order valence-corrected chi connectivity index (χ1v) is 10.9. The molecule has 0 amide bonds. The highest BCUT2D eigenvalue weighted by molar-refractivity contribution is 5.86. The van der Waals surface area contributed by atoms with Crippen LogP contribution in [0.15, 0.2) is 60.7 Å². The van der Waals surface area contributed by atoms with E-state index in [0.717, 1.165) is 24.2 Å². The molecule has 174 valence electrons. The number of esters is 2. The highest BCUT2D eigenvalue weighted by Crippen LogP contribution is 2.31. The number of hydrogen-bond donors (Lipinski definition) is 0. The van der Waals surface area contributed by atoms with Crippen molar-refractivity contribution in [1.29, 1.82) is 0 Å². The van der Waals surface area contributed by atoms with Crippen LogP contribution in [0.2, 0.25) is 0 Å². The van der Waals surface area contributed by atoms with Crippen LogP contribution in [0.5, 0.6) is 5.75 Å². The molecule has 32 heavy (non-hydrogen) atoms. The Bertz CT molecular complexity index is 819. The van der Waals surface area contributed by atoms with E-state index in [-0.39, 0.29) is 6.61 Å². The van der Waals surface area contributed by atoms with Gasteiger partial charge in [-0.15, -0.1) is 0 Å². The van der Waals surface area contributed by atoms with Crippen LogP contribution in [-0.2, 0) is 30.4 Å². The van der Waals surface area contributed by atoms with E-state index in [2.05, 4.69) is 13.0 Å². The lowest BCUT2D eigenvalue weighted by atomic mass is 9.90. The van der Waals surface area contributed by atoms with E-state index in [1.54, 1.807) is 13.2 Å². The average Bonchev–Trinajstić information content (AvgIpc) is 3.03. The summed E-state index contributed by atoms with van der Waals surface area (Å²) in [6.07, 6.45) is 12.0. The molecule has 1 heterocycles. The van der Waals surface area contributed by atoms with Crippen molar-refractivity contribution in [2.75, 3.05) is 20.3 Å². The van der Waals surface area contributed by atoms with Gasteiger partial charge in [-0.1, -0.05) is 63.3 Å². The first-order chi connectivity index (χ1) is 15.3. The van der Waals surface area contributed by atoms with Crippen molar-refractivity contribution in [3.05, 3.63) is 66.3 Å². The molecule has 1 saturated heterocycles. The van der Waals surface area contributed by atoms with Crippen molar-refractivity contribution >= 4 is 11.9 Å². The molecular formula is C26H34O6. The molecule has 0 bridgehead atoms. The zero-order chi connectivity index (χ0) is 23.4. The van der Waals surface area contributed by atoms with E-state index in [1.165, 1.54) is 6.08 Å². The summed E-state index contributed by atoms with van der Waals surface area (Å²) in [7, 11) is 1.65. The van der Waals surface area contributed by atoms with Gasteiger partial charge in [0, 0.05) is 11.5 Å². The minimum absolute atomic E-state index is 0.264.